The molecule has 0 saturated heterocycles. The molecular formula is C14H26O. The lowest BCUT2D eigenvalue weighted by atomic mass is 10.1. The third-order valence-electron chi connectivity index (χ3n) is 1.89. The van der Waals surface area contributed by atoms with E-state index in [9.17, 15) is 0 Å². The molecule has 1 aliphatic rings. The van der Waals surface area contributed by atoms with Crippen molar-refractivity contribution in [3.8, 4) is 0 Å². The van der Waals surface area contributed by atoms with Gasteiger partial charge in [-0.3, -0.25) is 0 Å². The third kappa shape index (κ3) is 5.58. The van der Waals surface area contributed by atoms with Crippen LogP contribution < -0.4 is 0 Å². The van der Waals surface area contributed by atoms with Gasteiger partial charge < -0.3 is 4.74 Å². The summed E-state index contributed by atoms with van der Waals surface area (Å²) in [5.41, 5.74) is 2.48. The van der Waals surface area contributed by atoms with Crippen LogP contribution in [-0.2, 0) is 4.74 Å². The molecule has 0 aromatic rings. The minimum absolute atomic E-state index is 0.235. The molecule has 1 rings (SSSR count). The first kappa shape index (κ1) is 16.6. The Kier molecular flexibility index (Phi) is 12.5. The topological polar surface area (TPSA) is 9.23 Å². The smallest absolute Gasteiger partial charge is 0.0804 e. The molecule has 0 bridgehead atoms. The number of allylic oxidation sites excluding steroid dienone is 1. The van der Waals surface area contributed by atoms with E-state index in [4.69, 9.17) is 4.74 Å². The Morgan fingerprint density at radius 3 is 2.20 bits per heavy atom. The first-order chi connectivity index (χ1) is 7.29. The van der Waals surface area contributed by atoms with Crippen LogP contribution in [0.15, 0.2) is 36.0 Å². The SMILES string of the molecule is C=CC1=C(/C=C\C)C(C)OC1.CC.CC. The Bertz CT molecular complexity index is 211. The molecule has 0 aromatic carbocycles. The van der Waals surface area contributed by atoms with Crippen molar-refractivity contribution in [3.63, 3.8) is 0 Å². The zero-order chi connectivity index (χ0) is 12.3. The average Bonchev–Trinajstić information content (AvgIpc) is 2.66. The number of hydrogen-bond acceptors (Lipinski definition) is 1. The van der Waals surface area contributed by atoms with Gasteiger partial charge in [-0.05, 0) is 25.0 Å². The molecule has 1 nitrogen and oxygen atoms in total. The average molecular weight is 210 g/mol. The predicted molar refractivity (Wildman–Crippen MR) is 70.1 cm³/mol. The minimum Gasteiger partial charge on any atom is -0.369 e. The summed E-state index contributed by atoms with van der Waals surface area (Å²) in [6.07, 6.45) is 6.23. The normalized spacial score (nSPS) is 19.2. The largest absolute Gasteiger partial charge is 0.369 e. The summed E-state index contributed by atoms with van der Waals surface area (Å²) in [6.45, 7) is 16.5. The number of hydrogen-bond donors (Lipinski definition) is 0. The second-order valence-corrected chi connectivity index (χ2v) is 2.64. The van der Waals surface area contributed by atoms with Gasteiger partial charge in [0.05, 0.1) is 12.7 Å². The van der Waals surface area contributed by atoms with Crippen molar-refractivity contribution in [3.05, 3.63) is 36.0 Å². The van der Waals surface area contributed by atoms with E-state index < -0.39 is 0 Å². The van der Waals surface area contributed by atoms with Gasteiger partial charge in [-0.25, -0.2) is 0 Å². The maximum absolute atomic E-state index is 5.42. The first-order valence-electron chi connectivity index (χ1n) is 5.89. The van der Waals surface area contributed by atoms with Crippen LogP contribution in [0.1, 0.15) is 41.5 Å². The highest BCUT2D eigenvalue weighted by atomic mass is 16.5. The van der Waals surface area contributed by atoms with E-state index in [0.717, 1.165) is 0 Å². The fourth-order valence-electron chi connectivity index (χ4n) is 1.25. The van der Waals surface area contributed by atoms with Crippen LogP contribution in [0.4, 0.5) is 0 Å². The first-order valence-corrected chi connectivity index (χ1v) is 5.89. The van der Waals surface area contributed by atoms with Crippen LogP contribution >= 0.6 is 0 Å². The Hall–Kier alpha value is -0.820. The quantitative estimate of drug-likeness (QED) is 0.651. The van der Waals surface area contributed by atoms with E-state index in [1.807, 2.05) is 46.8 Å². The van der Waals surface area contributed by atoms with Crippen LogP contribution in [0.5, 0.6) is 0 Å². The molecule has 1 unspecified atom stereocenters. The lowest BCUT2D eigenvalue weighted by Crippen LogP contribution is -2.01. The summed E-state index contributed by atoms with van der Waals surface area (Å²) in [5, 5.41) is 0. The van der Waals surface area contributed by atoms with Gasteiger partial charge in [-0.1, -0.05) is 52.5 Å². The van der Waals surface area contributed by atoms with Crippen molar-refractivity contribution in [2.45, 2.75) is 47.6 Å². The van der Waals surface area contributed by atoms with Gasteiger partial charge >= 0.3 is 0 Å². The Morgan fingerprint density at radius 1 is 1.27 bits per heavy atom. The molecule has 1 heterocycles. The zero-order valence-electron chi connectivity index (χ0n) is 11.1. The van der Waals surface area contributed by atoms with Gasteiger partial charge in [0.1, 0.15) is 0 Å². The molecule has 0 radical (unpaired) electrons. The Balaban J connectivity index is 0. The molecule has 1 atom stereocenters. The second kappa shape index (κ2) is 11.3. The second-order valence-electron chi connectivity index (χ2n) is 2.64. The molecule has 88 valence electrons. The fourth-order valence-corrected chi connectivity index (χ4v) is 1.25. The van der Waals surface area contributed by atoms with Gasteiger partial charge in [0.15, 0.2) is 0 Å². The molecule has 0 spiro atoms. The lowest BCUT2D eigenvalue weighted by Gasteiger charge is -2.02. The minimum atomic E-state index is 0.235. The molecule has 15 heavy (non-hydrogen) atoms. The fraction of sp³-hybridized carbons (Fsp3) is 0.571. The summed E-state index contributed by atoms with van der Waals surface area (Å²) in [4.78, 5) is 0. The van der Waals surface area contributed by atoms with E-state index in [2.05, 4.69) is 19.6 Å². The van der Waals surface area contributed by atoms with Crippen molar-refractivity contribution in [1.82, 2.24) is 0 Å². The van der Waals surface area contributed by atoms with Crippen molar-refractivity contribution < 1.29 is 4.74 Å². The van der Waals surface area contributed by atoms with Crippen LogP contribution in [0.3, 0.4) is 0 Å². The highest BCUT2D eigenvalue weighted by Gasteiger charge is 2.17. The van der Waals surface area contributed by atoms with E-state index in [-0.39, 0.29) is 6.10 Å². The van der Waals surface area contributed by atoms with Gasteiger partial charge in [0.2, 0.25) is 0 Å². The molecule has 0 saturated carbocycles. The molecule has 1 heteroatoms. The molecule has 0 amide bonds. The maximum atomic E-state index is 5.42. The predicted octanol–water partition coefficient (Wildman–Crippen LogP) is 4.52. The highest BCUT2D eigenvalue weighted by molar-refractivity contribution is 5.38. The standard InChI is InChI=1S/C10H14O.2C2H6/c1-4-6-10-8(3)11-7-9(10)5-2;2*1-2/h4-6,8H,2,7H2,1,3H3;2*1-2H3/b6-4-;;. The van der Waals surface area contributed by atoms with Crippen LogP contribution in [-0.4, -0.2) is 12.7 Å². The van der Waals surface area contributed by atoms with Crippen molar-refractivity contribution >= 4 is 0 Å². The van der Waals surface area contributed by atoms with Gasteiger partial charge in [0.25, 0.3) is 0 Å². The number of rotatable bonds is 2. The third-order valence-corrected chi connectivity index (χ3v) is 1.89. The van der Waals surface area contributed by atoms with Gasteiger partial charge in [-0.15, -0.1) is 0 Å². The maximum Gasteiger partial charge on any atom is 0.0804 e. The molecule has 1 aliphatic heterocycles. The molecule has 0 aromatic heterocycles. The number of ether oxygens (including phenoxy) is 1. The van der Waals surface area contributed by atoms with E-state index in [1.165, 1.54) is 11.1 Å². The summed E-state index contributed by atoms with van der Waals surface area (Å²) in [6, 6.07) is 0. The van der Waals surface area contributed by atoms with E-state index >= 15 is 0 Å². The molecular weight excluding hydrogens is 184 g/mol. The van der Waals surface area contributed by atoms with E-state index in [0.29, 0.717) is 6.61 Å². The van der Waals surface area contributed by atoms with Gasteiger partial charge in [-0.2, -0.15) is 0 Å². The van der Waals surface area contributed by atoms with Crippen molar-refractivity contribution in [2.75, 3.05) is 6.61 Å². The zero-order valence-corrected chi connectivity index (χ0v) is 11.1. The molecule has 0 fully saturated rings. The lowest BCUT2D eigenvalue weighted by molar-refractivity contribution is 0.136. The van der Waals surface area contributed by atoms with E-state index in [1.54, 1.807) is 0 Å². The van der Waals surface area contributed by atoms with Crippen molar-refractivity contribution in [1.29, 1.82) is 0 Å². The summed E-state index contributed by atoms with van der Waals surface area (Å²) in [7, 11) is 0. The molecule has 0 N–H and O–H groups in total. The summed E-state index contributed by atoms with van der Waals surface area (Å²) in [5.74, 6) is 0. The van der Waals surface area contributed by atoms with Crippen LogP contribution in [0.25, 0.3) is 0 Å². The summed E-state index contributed by atoms with van der Waals surface area (Å²) < 4.78 is 5.42. The monoisotopic (exact) mass is 210 g/mol. The molecule has 0 aliphatic carbocycles. The Labute approximate surface area is 95.5 Å². The van der Waals surface area contributed by atoms with Gasteiger partial charge in [0, 0.05) is 0 Å². The summed E-state index contributed by atoms with van der Waals surface area (Å²) >= 11 is 0. The highest BCUT2D eigenvalue weighted by Crippen LogP contribution is 2.22. The van der Waals surface area contributed by atoms with Crippen LogP contribution in [0, 0.1) is 0 Å². The Morgan fingerprint density at radius 2 is 1.80 bits per heavy atom. The van der Waals surface area contributed by atoms with Crippen LogP contribution in [0.2, 0.25) is 0 Å². The van der Waals surface area contributed by atoms with Crippen molar-refractivity contribution in [2.24, 2.45) is 0 Å².